The van der Waals surface area contributed by atoms with Crippen LogP contribution in [-0.2, 0) is 11.3 Å². The molecule has 0 radical (unpaired) electrons. The zero-order valence-electron chi connectivity index (χ0n) is 14.9. The predicted molar refractivity (Wildman–Crippen MR) is 101 cm³/mol. The molecule has 0 aliphatic carbocycles. The number of carbonyl (C=O) groups excluding carboxylic acids is 1. The summed E-state index contributed by atoms with van der Waals surface area (Å²) in [6.45, 7) is 5.30. The first-order chi connectivity index (χ1) is 13.0. The molecule has 3 rings (SSSR count). The molecular formula is C19H20N4O4. The van der Waals surface area contributed by atoms with Crippen LogP contribution in [-0.4, -0.2) is 31.3 Å². The van der Waals surface area contributed by atoms with Crippen LogP contribution in [0, 0.1) is 0 Å². The summed E-state index contributed by atoms with van der Waals surface area (Å²) < 4.78 is 0.994. The molecule has 1 aliphatic heterocycles. The first-order valence-corrected chi connectivity index (χ1v) is 8.59. The highest BCUT2D eigenvalue weighted by Gasteiger charge is 2.34. The number of rotatable bonds is 5. The maximum Gasteiger partial charge on any atom is 0.331 e. The van der Waals surface area contributed by atoms with Gasteiger partial charge in [-0.1, -0.05) is 43.3 Å². The standard InChI is InChI=1S/C19H20N4O4/c1-3-10-22-18(26)16(17(25)20-19(22)27)13-11-14(12-8-6-5-7-9-12)23(21-13)15(24)4-2/h3,5-9,14,26H,1,4,10-11H2,2H3,(H,20,25,27)/t14-/m1/s1. The minimum atomic E-state index is -0.742. The summed E-state index contributed by atoms with van der Waals surface area (Å²) in [4.78, 5) is 38.8. The average Bonchev–Trinajstić information content (AvgIpc) is 3.10. The van der Waals surface area contributed by atoms with E-state index < -0.39 is 17.1 Å². The minimum absolute atomic E-state index is 0.0292. The number of hydrogen-bond acceptors (Lipinski definition) is 5. The van der Waals surface area contributed by atoms with E-state index in [1.54, 1.807) is 6.92 Å². The number of hydrazone groups is 1. The van der Waals surface area contributed by atoms with Gasteiger partial charge in [-0.25, -0.2) is 9.80 Å². The summed E-state index contributed by atoms with van der Waals surface area (Å²) in [6, 6.07) is 8.96. The molecule has 0 spiro atoms. The van der Waals surface area contributed by atoms with Crippen molar-refractivity contribution in [3.05, 3.63) is 75.0 Å². The smallest absolute Gasteiger partial charge is 0.331 e. The molecule has 0 unspecified atom stereocenters. The fourth-order valence-electron chi connectivity index (χ4n) is 3.11. The van der Waals surface area contributed by atoms with Crippen LogP contribution < -0.4 is 11.2 Å². The SMILES string of the molecule is C=CCn1c(O)c(C2=NN(C(=O)CC)[C@@H](c3ccccc3)C2)c(=O)[nH]c1=O. The van der Waals surface area contributed by atoms with Crippen molar-refractivity contribution < 1.29 is 9.90 Å². The molecule has 1 aromatic carbocycles. The number of nitrogens with zero attached hydrogens (tertiary/aromatic N) is 3. The lowest BCUT2D eigenvalue weighted by Gasteiger charge is -2.21. The summed E-state index contributed by atoms with van der Waals surface area (Å²) in [7, 11) is 0. The normalized spacial score (nSPS) is 16.3. The maximum absolute atomic E-state index is 12.4. The number of hydrogen-bond donors (Lipinski definition) is 2. The molecule has 0 bridgehead atoms. The van der Waals surface area contributed by atoms with Crippen molar-refractivity contribution in [3.63, 3.8) is 0 Å². The monoisotopic (exact) mass is 368 g/mol. The van der Waals surface area contributed by atoms with Crippen LogP contribution in [0.1, 0.15) is 36.9 Å². The Morgan fingerprint density at radius 1 is 1.37 bits per heavy atom. The molecular weight excluding hydrogens is 348 g/mol. The number of nitrogens with one attached hydrogen (secondary N) is 1. The fraction of sp³-hybridized carbons (Fsp3) is 0.263. The highest BCUT2D eigenvalue weighted by atomic mass is 16.3. The number of aromatic hydroxyl groups is 1. The van der Waals surface area contributed by atoms with Crippen LogP contribution in [0.3, 0.4) is 0 Å². The van der Waals surface area contributed by atoms with Gasteiger partial charge in [0, 0.05) is 19.4 Å². The van der Waals surface area contributed by atoms with E-state index in [9.17, 15) is 19.5 Å². The zero-order valence-corrected chi connectivity index (χ0v) is 14.9. The number of H-pyrrole nitrogens is 1. The van der Waals surface area contributed by atoms with E-state index in [-0.39, 0.29) is 42.6 Å². The van der Waals surface area contributed by atoms with Gasteiger partial charge in [-0.05, 0) is 5.56 Å². The molecule has 27 heavy (non-hydrogen) atoms. The van der Waals surface area contributed by atoms with Crippen LogP contribution in [0.15, 0.2) is 57.7 Å². The van der Waals surface area contributed by atoms with E-state index in [0.29, 0.717) is 0 Å². The maximum atomic E-state index is 12.4. The summed E-state index contributed by atoms with van der Waals surface area (Å²) in [5, 5.41) is 16.2. The minimum Gasteiger partial charge on any atom is -0.494 e. The molecule has 1 atom stereocenters. The Morgan fingerprint density at radius 2 is 2.07 bits per heavy atom. The molecule has 2 aromatic rings. The van der Waals surface area contributed by atoms with Crippen LogP contribution in [0.4, 0.5) is 0 Å². The molecule has 0 saturated heterocycles. The molecule has 1 amide bonds. The zero-order chi connectivity index (χ0) is 19.6. The first-order valence-electron chi connectivity index (χ1n) is 8.59. The molecule has 8 heteroatoms. The summed E-state index contributed by atoms with van der Waals surface area (Å²) in [5.41, 5.74) is -0.464. The van der Waals surface area contributed by atoms with Gasteiger partial charge in [0.15, 0.2) is 0 Å². The molecule has 2 N–H and O–H groups in total. The fourth-order valence-corrected chi connectivity index (χ4v) is 3.11. The number of amides is 1. The van der Waals surface area contributed by atoms with Crippen molar-refractivity contribution in [3.8, 4) is 5.88 Å². The molecule has 1 aliphatic rings. The third-order valence-corrected chi connectivity index (χ3v) is 4.42. The van der Waals surface area contributed by atoms with E-state index in [2.05, 4.69) is 16.7 Å². The third kappa shape index (κ3) is 3.33. The summed E-state index contributed by atoms with van der Waals surface area (Å²) >= 11 is 0. The lowest BCUT2D eigenvalue weighted by atomic mass is 9.99. The van der Waals surface area contributed by atoms with Crippen LogP contribution in [0.2, 0.25) is 0 Å². The number of benzene rings is 1. The van der Waals surface area contributed by atoms with Crippen molar-refractivity contribution in [1.82, 2.24) is 14.6 Å². The van der Waals surface area contributed by atoms with Crippen molar-refractivity contribution >= 4 is 11.6 Å². The largest absolute Gasteiger partial charge is 0.494 e. The Morgan fingerprint density at radius 3 is 2.70 bits per heavy atom. The van der Waals surface area contributed by atoms with E-state index in [4.69, 9.17) is 0 Å². The Kier molecular flexibility index (Phi) is 5.07. The number of allylic oxidation sites excluding steroid dienone is 1. The van der Waals surface area contributed by atoms with Gasteiger partial charge in [0.25, 0.3) is 5.56 Å². The predicted octanol–water partition coefficient (Wildman–Crippen LogP) is 1.52. The van der Waals surface area contributed by atoms with E-state index >= 15 is 0 Å². The van der Waals surface area contributed by atoms with E-state index in [1.165, 1.54) is 11.1 Å². The van der Waals surface area contributed by atoms with Gasteiger partial charge in [0.1, 0.15) is 5.56 Å². The summed E-state index contributed by atoms with van der Waals surface area (Å²) in [6.07, 6.45) is 1.93. The second kappa shape index (κ2) is 7.45. The molecule has 0 saturated carbocycles. The van der Waals surface area contributed by atoms with Crippen LogP contribution >= 0.6 is 0 Å². The number of aromatic amines is 1. The Balaban J connectivity index is 2.11. The Bertz CT molecular complexity index is 1020. The van der Waals surface area contributed by atoms with Gasteiger partial charge in [-0.2, -0.15) is 5.10 Å². The van der Waals surface area contributed by atoms with Crippen molar-refractivity contribution in [2.75, 3.05) is 0 Å². The number of aromatic nitrogens is 2. The van der Waals surface area contributed by atoms with Crippen molar-refractivity contribution in [1.29, 1.82) is 0 Å². The van der Waals surface area contributed by atoms with Gasteiger partial charge in [0.2, 0.25) is 11.8 Å². The highest BCUT2D eigenvalue weighted by molar-refractivity contribution is 6.04. The van der Waals surface area contributed by atoms with Gasteiger partial charge in [-0.3, -0.25) is 19.1 Å². The Labute approximate surface area is 155 Å². The van der Waals surface area contributed by atoms with Gasteiger partial charge < -0.3 is 5.11 Å². The van der Waals surface area contributed by atoms with Gasteiger partial charge >= 0.3 is 5.69 Å². The van der Waals surface area contributed by atoms with Crippen molar-refractivity contribution in [2.24, 2.45) is 5.10 Å². The van der Waals surface area contributed by atoms with Gasteiger partial charge in [0.05, 0.1) is 11.8 Å². The second-order valence-corrected chi connectivity index (χ2v) is 6.13. The first kappa shape index (κ1) is 18.4. The topological polar surface area (TPSA) is 108 Å². The van der Waals surface area contributed by atoms with Gasteiger partial charge in [-0.15, -0.1) is 6.58 Å². The van der Waals surface area contributed by atoms with Crippen LogP contribution in [0.5, 0.6) is 5.88 Å². The molecule has 2 heterocycles. The molecule has 140 valence electrons. The lowest BCUT2D eigenvalue weighted by molar-refractivity contribution is -0.132. The second-order valence-electron chi connectivity index (χ2n) is 6.13. The molecule has 1 aromatic heterocycles. The van der Waals surface area contributed by atoms with E-state index in [1.807, 2.05) is 30.3 Å². The third-order valence-electron chi connectivity index (χ3n) is 4.42. The lowest BCUT2D eigenvalue weighted by Crippen LogP contribution is -2.33. The molecule has 0 fully saturated rings. The highest BCUT2D eigenvalue weighted by Crippen LogP contribution is 2.33. The van der Waals surface area contributed by atoms with E-state index in [0.717, 1.165) is 10.1 Å². The van der Waals surface area contributed by atoms with Crippen LogP contribution in [0.25, 0.3) is 0 Å². The molecule has 8 nitrogen and oxygen atoms in total. The summed E-state index contributed by atoms with van der Waals surface area (Å²) in [5.74, 6) is -0.686. The number of carbonyl (C=O) groups is 1. The Hall–Kier alpha value is -3.42. The quantitative estimate of drug-likeness (QED) is 0.780. The average molecular weight is 368 g/mol. The van der Waals surface area contributed by atoms with Crippen molar-refractivity contribution in [2.45, 2.75) is 32.4 Å².